The lowest BCUT2D eigenvalue weighted by molar-refractivity contribution is -0.131. The first kappa shape index (κ1) is 16.3. The third-order valence-electron chi connectivity index (χ3n) is 3.96. The number of amides is 1. The summed E-state index contributed by atoms with van der Waals surface area (Å²) in [7, 11) is 0. The van der Waals surface area contributed by atoms with E-state index in [1.54, 1.807) is 0 Å². The quantitative estimate of drug-likeness (QED) is 0.885. The molecule has 1 atom stereocenters. The summed E-state index contributed by atoms with van der Waals surface area (Å²) in [5.74, 6) is 0.620. The molecule has 1 heterocycles. The molecule has 3 rings (SSSR count). The molecule has 1 aliphatic heterocycles. The lowest BCUT2D eigenvalue weighted by atomic mass is 9.95. The van der Waals surface area contributed by atoms with Crippen LogP contribution in [0, 0.1) is 6.92 Å². The molecule has 0 bridgehead atoms. The molecule has 1 unspecified atom stereocenters. The average Bonchev–Trinajstić information content (AvgIpc) is 2.52. The Morgan fingerprint density at radius 1 is 1.04 bits per heavy atom. The van der Waals surface area contributed by atoms with Crippen LogP contribution in [-0.2, 0) is 9.53 Å². The van der Waals surface area contributed by atoms with Gasteiger partial charge in [-0.05, 0) is 44.9 Å². The van der Waals surface area contributed by atoms with E-state index in [0.29, 0.717) is 0 Å². The first-order valence-electron chi connectivity index (χ1n) is 8.20. The summed E-state index contributed by atoms with van der Waals surface area (Å²) in [6.45, 7) is 7.96. The van der Waals surface area contributed by atoms with E-state index in [0.717, 1.165) is 28.0 Å². The van der Waals surface area contributed by atoms with Crippen molar-refractivity contribution in [1.82, 2.24) is 5.32 Å². The fourth-order valence-corrected chi connectivity index (χ4v) is 2.87. The Morgan fingerprint density at radius 2 is 1.71 bits per heavy atom. The largest absolute Gasteiger partial charge is 0.475 e. The zero-order chi connectivity index (χ0) is 17.3. The molecule has 3 heteroatoms. The summed E-state index contributed by atoms with van der Waals surface area (Å²) < 4.78 is 6.14. The van der Waals surface area contributed by atoms with E-state index >= 15 is 0 Å². The molecular formula is C21H23NO2. The second-order valence-electron chi connectivity index (χ2n) is 7.19. The minimum absolute atomic E-state index is 0.117. The summed E-state index contributed by atoms with van der Waals surface area (Å²) in [4.78, 5) is 12.8. The van der Waals surface area contributed by atoms with Crippen molar-refractivity contribution < 1.29 is 9.53 Å². The Morgan fingerprint density at radius 3 is 2.42 bits per heavy atom. The number of carbonyl (C=O) groups is 1. The zero-order valence-corrected chi connectivity index (χ0v) is 14.6. The molecule has 0 saturated heterocycles. The summed E-state index contributed by atoms with van der Waals surface area (Å²) in [6.07, 6.45) is 1.37. The van der Waals surface area contributed by atoms with Crippen LogP contribution in [0.4, 0.5) is 0 Å². The molecule has 2 aromatic carbocycles. The van der Waals surface area contributed by atoms with E-state index in [1.807, 2.05) is 82.3 Å². The number of benzene rings is 2. The van der Waals surface area contributed by atoms with Gasteiger partial charge < -0.3 is 10.1 Å². The van der Waals surface area contributed by atoms with Crippen LogP contribution in [-0.4, -0.2) is 11.4 Å². The molecule has 0 spiro atoms. The Bertz CT molecular complexity index is 799. The number of carbonyl (C=O) groups excluding carboxylic acids is 1. The predicted molar refractivity (Wildman–Crippen MR) is 97.2 cm³/mol. The van der Waals surface area contributed by atoms with E-state index in [9.17, 15) is 4.79 Å². The number of aryl methyl sites for hydroxylation is 1. The number of fused-ring (bicyclic) bond motifs is 1. The van der Waals surface area contributed by atoms with Gasteiger partial charge in [0.05, 0.1) is 0 Å². The maximum atomic E-state index is 12.8. The van der Waals surface area contributed by atoms with Crippen molar-refractivity contribution in [2.24, 2.45) is 0 Å². The van der Waals surface area contributed by atoms with E-state index in [1.165, 1.54) is 0 Å². The van der Waals surface area contributed by atoms with Gasteiger partial charge in [-0.2, -0.15) is 0 Å². The average molecular weight is 321 g/mol. The first-order chi connectivity index (χ1) is 11.3. The van der Waals surface area contributed by atoms with Crippen molar-refractivity contribution in [3.8, 4) is 0 Å². The molecule has 0 radical (unpaired) electrons. The summed E-state index contributed by atoms with van der Waals surface area (Å²) >= 11 is 0. The number of hydrogen-bond donors (Lipinski definition) is 1. The normalized spacial score (nSPS) is 16.7. The maximum absolute atomic E-state index is 12.8. The smallest absolute Gasteiger partial charge is 0.266 e. The minimum Gasteiger partial charge on any atom is -0.475 e. The van der Waals surface area contributed by atoms with E-state index in [-0.39, 0.29) is 11.4 Å². The fraction of sp³-hybridized carbons (Fsp3) is 0.286. The van der Waals surface area contributed by atoms with Gasteiger partial charge in [0.2, 0.25) is 6.10 Å². The Balaban J connectivity index is 2.03. The number of hydrogen-bond acceptors (Lipinski definition) is 2. The Labute approximate surface area is 143 Å². The molecule has 1 N–H and O–H groups in total. The van der Waals surface area contributed by atoms with Gasteiger partial charge in [0, 0.05) is 16.7 Å². The van der Waals surface area contributed by atoms with Crippen LogP contribution >= 0.6 is 0 Å². The molecule has 1 amide bonds. The van der Waals surface area contributed by atoms with Crippen LogP contribution in [0.1, 0.15) is 49.1 Å². The van der Waals surface area contributed by atoms with Crippen LogP contribution < -0.4 is 5.32 Å². The zero-order valence-electron chi connectivity index (χ0n) is 14.6. The van der Waals surface area contributed by atoms with Gasteiger partial charge in [0.1, 0.15) is 5.76 Å². The molecule has 3 nitrogen and oxygen atoms in total. The van der Waals surface area contributed by atoms with Crippen LogP contribution in [0.15, 0.2) is 48.5 Å². The van der Waals surface area contributed by atoms with Gasteiger partial charge in [-0.3, -0.25) is 4.79 Å². The predicted octanol–water partition coefficient (Wildman–Crippen LogP) is 4.48. The topological polar surface area (TPSA) is 38.3 Å². The molecule has 24 heavy (non-hydrogen) atoms. The van der Waals surface area contributed by atoms with Gasteiger partial charge in [-0.1, -0.05) is 48.5 Å². The number of ether oxygens (including phenoxy) is 1. The second-order valence-corrected chi connectivity index (χ2v) is 7.19. The van der Waals surface area contributed by atoms with Gasteiger partial charge >= 0.3 is 0 Å². The van der Waals surface area contributed by atoms with Crippen LogP contribution in [0.3, 0.4) is 0 Å². The van der Waals surface area contributed by atoms with E-state index < -0.39 is 6.10 Å². The van der Waals surface area contributed by atoms with Crippen LogP contribution in [0.25, 0.3) is 11.8 Å². The lowest BCUT2D eigenvalue weighted by Crippen LogP contribution is -2.44. The highest BCUT2D eigenvalue weighted by molar-refractivity contribution is 5.90. The summed E-state index contributed by atoms with van der Waals surface area (Å²) in [5.41, 5.74) is 3.76. The van der Waals surface area contributed by atoms with E-state index in [2.05, 4.69) is 5.32 Å². The van der Waals surface area contributed by atoms with Gasteiger partial charge in [-0.25, -0.2) is 0 Å². The van der Waals surface area contributed by atoms with Crippen molar-refractivity contribution in [1.29, 1.82) is 0 Å². The highest BCUT2D eigenvalue weighted by Gasteiger charge is 2.31. The second kappa shape index (κ2) is 6.16. The molecule has 2 aromatic rings. The molecular weight excluding hydrogens is 298 g/mol. The molecule has 0 fully saturated rings. The monoisotopic (exact) mass is 321 g/mol. The van der Waals surface area contributed by atoms with Gasteiger partial charge in [0.25, 0.3) is 5.91 Å². The summed E-state index contributed by atoms with van der Waals surface area (Å²) in [6, 6.07) is 15.9. The third kappa shape index (κ3) is 3.35. The molecule has 0 aromatic heterocycles. The van der Waals surface area contributed by atoms with Crippen molar-refractivity contribution in [2.75, 3.05) is 0 Å². The Kier molecular flexibility index (Phi) is 4.18. The lowest BCUT2D eigenvalue weighted by Gasteiger charge is -2.30. The Hall–Kier alpha value is -2.55. The van der Waals surface area contributed by atoms with Gasteiger partial charge in [-0.15, -0.1) is 0 Å². The highest BCUT2D eigenvalue weighted by atomic mass is 16.5. The third-order valence-corrected chi connectivity index (χ3v) is 3.96. The van der Waals surface area contributed by atoms with Crippen molar-refractivity contribution >= 4 is 17.7 Å². The number of nitrogens with one attached hydrogen (secondary N) is 1. The molecule has 0 saturated carbocycles. The van der Waals surface area contributed by atoms with Crippen molar-refractivity contribution in [3.05, 3.63) is 70.8 Å². The molecule has 124 valence electrons. The summed E-state index contributed by atoms with van der Waals surface area (Å²) in [5, 5.41) is 3.03. The number of rotatable bonds is 2. The van der Waals surface area contributed by atoms with Crippen molar-refractivity contribution in [3.63, 3.8) is 0 Å². The first-order valence-corrected chi connectivity index (χ1v) is 8.20. The maximum Gasteiger partial charge on any atom is 0.266 e. The minimum atomic E-state index is -0.639. The van der Waals surface area contributed by atoms with Crippen LogP contribution in [0.2, 0.25) is 0 Å². The molecule has 0 aliphatic carbocycles. The molecule has 1 aliphatic rings. The highest BCUT2D eigenvalue weighted by Crippen LogP contribution is 2.36. The SMILES string of the molecule is Cc1ccccc1C1=Cc2ccccc2C(C(=O)NC(C)(C)C)O1. The van der Waals surface area contributed by atoms with Crippen molar-refractivity contribution in [2.45, 2.75) is 39.3 Å². The fourth-order valence-electron chi connectivity index (χ4n) is 2.87. The standard InChI is InChI=1S/C21H23NO2/c1-14-9-5-7-11-16(14)18-13-15-10-6-8-12-17(15)19(24-18)20(23)22-21(2,3)4/h5-13,19H,1-4H3,(H,22,23). The van der Waals surface area contributed by atoms with Gasteiger partial charge in [0.15, 0.2) is 0 Å². The van der Waals surface area contributed by atoms with E-state index in [4.69, 9.17) is 4.74 Å². The van der Waals surface area contributed by atoms with Crippen LogP contribution in [0.5, 0.6) is 0 Å².